The maximum absolute atomic E-state index is 8.19. The molecular weight excluding hydrogens is 184 g/mol. The van der Waals surface area contributed by atoms with Crippen LogP contribution in [-0.4, -0.2) is 12.4 Å². The topological polar surface area (TPSA) is 27.1 Å². The summed E-state index contributed by atoms with van der Waals surface area (Å²) in [7, 11) is 0. The third-order valence-electron chi connectivity index (χ3n) is 2.87. The van der Waals surface area contributed by atoms with Gasteiger partial charge in [0, 0.05) is 17.6 Å². The van der Waals surface area contributed by atoms with Crippen LogP contribution in [0.25, 0.3) is 0 Å². The van der Waals surface area contributed by atoms with Crippen LogP contribution in [0.5, 0.6) is 0 Å². The standard InChI is InChI=1S/C13H18N2/c1-13(2,3)12(14)15-9-8-10-6-4-5-7-11(10)15/h4-7,14H,8-9H2,1-3H3. The maximum atomic E-state index is 8.19. The van der Waals surface area contributed by atoms with Crippen molar-refractivity contribution in [2.24, 2.45) is 5.41 Å². The Kier molecular flexibility index (Phi) is 2.29. The van der Waals surface area contributed by atoms with E-state index in [4.69, 9.17) is 5.41 Å². The first-order valence-electron chi connectivity index (χ1n) is 5.44. The zero-order valence-electron chi connectivity index (χ0n) is 9.67. The Morgan fingerprint density at radius 2 is 1.93 bits per heavy atom. The summed E-state index contributed by atoms with van der Waals surface area (Å²) in [5, 5.41) is 8.19. The lowest BCUT2D eigenvalue weighted by Gasteiger charge is -2.29. The van der Waals surface area contributed by atoms with E-state index in [2.05, 4.69) is 43.9 Å². The molecule has 2 nitrogen and oxygen atoms in total. The van der Waals surface area contributed by atoms with E-state index in [-0.39, 0.29) is 5.41 Å². The highest BCUT2D eigenvalue weighted by Gasteiger charge is 2.28. The summed E-state index contributed by atoms with van der Waals surface area (Å²) in [4.78, 5) is 2.13. The molecule has 1 aromatic rings. The number of nitrogens with one attached hydrogen (secondary N) is 1. The second-order valence-corrected chi connectivity index (χ2v) is 5.13. The number of hydrogen-bond acceptors (Lipinski definition) is 1. The number of nitrogens with zero attached hydrogens (tertiary/aromatic N) is 1. The van der Waals surface area contributed by atoms with Gasteiger partial charge in [0.25, 0.3) is 0 Å². The highest BCUT2D eigenvalue weighted by atomic mass is 15.2. The largest absolute Gasteiger partial charge is 0.329 e. The SMILES string of the molecule is CC(C)(C)C(=N)N1CCc2ccccc21. The van der Waals surface area contributed by atoms with E-state index in [9.17, 15) is 0 Å². The molecule has 80 valence electrons. The molecule has 1 aromatic carbocycles. The maximum Gasteiger partial charge on any atom is 0.106 e. The number of para-hydroxylation sites is 1. The summed E-state index contributed by atoms with van der Waals surface area (Å²) in [6.45, 7) is 7.23. The first kappa shape index (κ1) is 10.2. The van der Waals surface area contributed by atoms with E-state index in [0.717, 1.165) is 13.0 Å². The van der Waals surface area contributed by atoms with Crippen molar-refractivity contribution in [3.63, 3.8) is 0 Å². The van der Waals surface area contributed by atoms with Gasteiger partial charge in [-0.2, -0.15) is 0 Å². The second kappa shape index (κ2) is 3.37. The van der Waals surface area contributed by atoms with Gasteiger partial charge in [0.15, 0.2) is 0 Å². The Hall–Kier alpha value is -1.31. The Balaban J connectivity index is 2.32. The fourth-order valence-electron chi connectivity index (χ4n) is 1.98. The molecule has 0 bridgehead atoms. The van der Waals surface area contributed by atoms with E-state index in [1.54, 1.807) is 0 Å². The quantitative estimate of drug-likeness (QED) is 0.508. The number of anilines is 1. The molecule has 0 aromatic heterocycles. The average molecular weight is 202 g/mol. The van der Waals surface area contributed by atoms with Crippen molar-refractivity contribution >= 4 is 11.5 Å². The minimum atomic E-state index is -0.0720. The van der Waals surface area contributed by atoms with Gasteiger partial charge in [-0.25, -0.2) is 0 Å². The van der Waals surface area contributed by atoms with Gasteiger partial charge in [-0.3, -0.25) is 5.41 Å². The Morgan fingerprint density at radius 3 is 2.60 bits per heavy atom. The molecule has 0 amide bonds. The third-order valence-corrected chi connectivity index (χ3v) is 2.87. The summed E-state index contributed by atoms with van der Waals surface area (Å²) >= 11 is 0. The van der Waals surface area contributed by atoms with Gasteiger partial charge in [0.05, 0.1) is 0 Å². The molecule has 0 aliphatic carbocycles. The molecular formula is C13H18N2. The molecule has 1 heterocycles. The van der Waals surface area contributed by atoms with Crippen molar-refractivity contribution in [2.45, 2.75) is 27.2 Å². The molecule has 0 radical (unpaired) electrons. The van der Waals surface area contributed by atoms with Crippen LogP contribution in [-0.2, 0) is 6.42 Å². The van der Waals surface area contributed by atoms with Crippen LogP contribution in [0, 0.1) is 10.8 Å². The Morgan fingerprint density at radius 1 is 1.27 bits per heavy atom. The van der Waals surface area contributed by atoms with Gasteiger partial charge in [-0.05, 0) is 18.1 Å². The van der Waals surface area contributed by atoms with Gasteiger partial charge in [-0.15, -0.1) is 0 Å². The molecule has 0 fully saturated rings. The lowest BCUT2D eigenvalue weighted by molar-refractivity contribution is 0.574. The van der Waals surface area contributed by atoms with Crippen molar-refractivity contribution in [1.82, 2.24) is 0 Å². The normalized spacial score (nSPS) is 15.3. The number of amidine groups is 1. The molecule has 0 spiro atoms. The monoisotopic (exact) mass is 202 g/mol. The first-order valence-corrected chi connectivity index (χ1v) is 5.44. The van der Waals surface area contributed by atoms with Crippen LogP contribution in [0.2, 0.25) is 0 Å². The lowest BCUT2D eigenvalue weighted by Crippen LogP contribution is -2.37. The third kappa shape index (κ3) is 1.76. The van der Waals surface area contributed by atoms with Crippen molar-refractivity contribution in [2.75, 3.05) is 11.4 Å². The molecule has 0 unspecified atom stereocenters. The predicted molar refractivity (Wildman–Crippen MR) is 64.7 cm³/mol. The van der Waals surface area contributed by atoms with Crippen molar-refractivity contribution in [1.29, 1.82) is 5.41 Å². The van der Waals surface area contributed by atoms with E-state index >= 15 is 0 Å². The predicted octanol–water partition coefficient (Wildman–Crippen LogP) is 3.07. The zero-order chi connectivity index (χ0) is 11.1. The van der Waals surface area contributed by atoms with Crippen LogP contribution < -0.4 is 4.90 Å². The summed E-state index contributed by atoms with van der Waals surface area (Å²) < 4.78 is 0. The molecule has 0 saturated carbocycles. The fraction of sp³-hybridized carbons (Fsp3) is 0.462. The first-order chi connectivity index (χ1) is 7.00. The molecule has 0 saturated heterocycles. The second-order valence-electron chi connectivity index (χ2n) is 5.13. The molecule has 2 heteroatoms. The minimum absolute atomic E-state index is 0.0720. The van der Waals surface area contributed by atoms with E-state index in [1.165, 1.54) is 11.3 Å². The van der Waals surface area contributed by atoms with Crippen molar-refractivity contribution in [3.05, 3.63) is 29.8 Å². The summed E-state index contributed by atoms with van der Waals surface area (Å²) in [5.41, 5.74) is 2.51. The van der Waals surface area contributed by atoms with Gasteiger partial charge in [-0.1, -0.05) is 39.0 Å². The molecule has 2 rings (SSSR count). The number of benzene rings is 1. The van der Waals surface area contributed by atoms with Crippen LogP contribution in [0.15, 0.2) is 24.3 Å². The zero-order valence-corrected chi connectivity index (χ0v) is 9.67. The summed E-state index contributed by atoms with van der Waals surface area (Å²) in [6, 6.07) is 8.39. The van der Waals surface area contributed by atoms with Crippen LogP contribution in [0.1, 0.15) is 26.3 Å². The van der Waals surface area contributed by atoms with E-state index in [1.807, 2.05) is 6.07 Å². The van der Waals surface area contributed by atoms with Crippen molar-refractivity contribution in [3.8, 4) is 0 Å². The van der Waals surface area contributed by atoms with Gasteiger partial charge in [0.2, 0.25) is 0 Å². The Bertz CT molecular complexity index is 388. The fourth-order valence-corrected chi connectivity index (χ4v) is 1.98. The number of hydrogen-bond donors (Lipinski definition) is 1. The highest BCUT2D eigenvalue weighted by molar-refractivity contribution is 6.00. The molecule has 1 aliphatic rings. The minimum Gasteiger partial charge on any atom is -0.329 e. The van der Waals surface area contributed by atoms with Crippen LogP contribution >= 0.6 is 0 Å². The van der Waals surface area contributed by atoms with Gasteiger partial charge >= 0.3 is 0 Å². The molecule has 1 N–H and O–H groups in total. The number of rotatable bonds is 0. The van der Waals surface area contributed by atoms with Crippen molar-refractivity contribution < 1.29 is 0 Å². The Labute approximate surface area is 91.4 Å². The van der Waals surface area contributed by atoms with Gasteiger partial charge in [0.1, 0.15) is 5.84 Å². The van der Waals surface area contributed by atoms with E-state index < -0.39 is 0 Å². The molecule has 1 aliphatic heterocycles. The average Bonchev–Trinajstić information content (AvgIpc) is 2.58. The number of fused-ring (bicyclic) bond motifs is 1. The van der Waals surface area contributed by atoms with Crippen LogP contribution in [0.3, 0.4) is 0 Å². The van der Waals surface area contributed by atoms with E-state index in [0.29, 0.717) is 5.84 Å². The van der Waals surface area contributed by atoms with Crippen LogP contribution in [0.4, 0.5) is 5.69 Å². The smallest absolute Gasteiger partial charge is 0.106 e. The molecule has 15 heavy (non-hydrogen) atoms. The van der Waals surface area contributed by atoms with Gasteiger partial charge < -0.3 is 4.90 Å². The lowest BCUT2D eigenvalue weighted by atomic mass is 9.94. The highest BCUT2D eigenvalue weighted by Crippen LogP contribution is 2.31. The summed E-state index contributed by atoms with van der Waals surface area (Å²) in [6.07, 6.45) is 1.06. The molecule has 0 atom stereocenters. The summed E-state index contributed by atoms with van der Waals surface area (Å²) in [5.74, 6) is 0.715.